The van der Waals surface area contributed by atoms with Crippen molar-refractivity contribution in [2.75, 3.05) is 0 Å². The zero-order valence-corrected chi connectivity index (χ0v) is 21.1. The van der Waals surface area contributed by atoms with E-state index in [1.54, 1.807) is 62.4 Å². The van der Waals surface area contributed by atoms with E-state index >= 15 is 0 Å². The van der Waals surface area contributed by atoms with Crippen LogP contribution >= 0.6 is 0 Å². The van der Waals surface area contributed by atoms with Gasteiger partial charge in [-0.15, -0.1) is 0 Å². The maximum atomic E-state index is 12.2. The summed E-state index contributed by atoms with van der Waals surface area (Å²) in [7, 11) is 0. The van der Waals surface area contributed by atoms with E-state index in [1.807, 2.05) is 30.3 Å². The minimum Gasteiger partial charge on any atom is -0.481 e. The van der Waals surface area contributed by atoms with E-state index in [1.165, 1.54) is 0 Å². The maximum absolute atomic E-state index is 12.2. The van der Waals surface area contributed by atoms with E-state index in [0.717, 1.165) is 36.8 Å². The van der Waals surface area contributed by atoms with Gasteiger partial charge in [-0.3, -0.25) is 19.2 Å². The van der Waals surface area contributed by atoms with E-state index in [4.69, 9.17) is 10.2 Å². The molecule has 192 valence electrons. The van der Waals surface area contributed by atoms with E-state index in [-0.39, 0.29) is 11.7 Å². The third-order valence-corrected chi connectivity index (χ3v) is 6.82. The van der Waals surface area contributed by atoms with Gasteiger partial charge >= 0.3 is 11.9 Å². The van der Waals surface area contributed by atoms with Crippen molar-refractivity contribution < 1.29 is 29.4 Å². The van der Waals surface area contributed by atoms with Crippen LogP contribution in [-0.2, 0) is 20.8 Å². The number of carbonyl (C=O) groups is 4. The molecule has 0 heterocycles. The molecule has 3 atom stereocenters. The molecule has 0 bridgehead atoms. The van der Waals surface area contributed by atoms with Gasteiger partial charge in [0.05, 0.1) is 11.8 Å². The predicted octanol–water partition coefficient (Wildman–Crippen LogP) is 5.89. The van der Waals surface area contributed by atoms with Crippen molar-refractivity contribution in [2.24, 2.45) is 5.92 Å². The number of aliphatic carboxylic acids is 2. The quantitative estimate of drug-likeness (QED) is 0.373. The van der Waals surface area contributed by atoms with Gasteiger partial charge in [-0.05, 0) is 55.9 Å². The lowest BCUT2D eigenvalue weighted by Crippen LogP contribution is -2.10. The van der Waals surface area contributed by atoms with Crippen LogP contribution < -0.4 is 0 Å². The monoisotopic (exact) mass is 500 g/mol. The molecular weight excluding hydrogens is 468 g/mol. The van der Waals surface area contributed by atoms with Crippen molar-refractivity contribution in [3.8, 4) is 0 Å². The average Bonchev–Trinajstić information content (AvgIpc) is 3.32. The molecule has 1 aliphatic carbocycles. The van der Waals surface area contributed by atoms with Crippen LogP contribution in [0.15, 0.2) is 78.9 Å². The summed E-state index contributed by atoms with van der Waals surface area (Å²) in [6.45, 7) is 3.28. The van der Waals surface area contributed by atoms with Gasteiger partial charge in [-0.1, -0.05) is 72.8 Å². The Bertz CT molecular complexity index is 1250. The number of Topliss-reactive ketones (excluding diaryl/α,β-unsaturated/α-hetero) is 1. The molecule has 1 fully saturated rings. The second-order valence-corrected chi connectivity index (χ2v) is 9.44. The van der Waals surface area contributed by atoms with Gasteiger partial charge in [0.25, 0.3) is 0 Å². The number of rotatable bonds is 8. The number of benzene rings is 3. The highest BCUT2D eigenvalue weighted by Crippen LogP contribution is 2.26. The molecule has 6 heteroatoms. The third kappa shape index (κ3) is 7.46. The van der Waals surface area contributed by atoms with Gasteiger partial charge in [0.15, 0.2) is 5.78 Å². The number of carboxylic acid groups (broad SMARTS) is 2. The minimum atomic E-state index is -0.899. The first kappa shape index (κ1) is 27.5. The molecule has 0 amide bonds. The normalized spacial score (nSPS) is 16.3. The zero-order valence-electron chi connectivity index (χ0n) is 21.1. The number of hydrogen-bond acceptors (Lipinski definition) is 4. The molecule has 37 heavy (non-hydrogen) atoms. The summed E-state index contributed by atoms with van der Waals surface area (Å²) in [5.74, 6) is -2.36. The highest BCUT2D eigenvalue weighted by Gasteiger charge is 2.24. The molecule has 3 unspecified atom stereocenters. The number of hydrogen-bond donors (Lipinski definition) is 2. The molecule has 1 aliphatic rings. The SMILES string of the molecule is CC(C(=O)O)c1ccc(CC2CCCC2=O)cc1.CC(C(=O)O)c1cccc(C(=O)c2ccccc2)c1. The van der Waals surface area contributed by atoms with E-state index in [0.29, 0.717) is 22.5 Å². The summed E-state index contributed by atoms with van der Waals surface area (Å²) >= 11 is 0. The molecule has 3 aromatic rings. The summed E-state index contributed by atoms with van der Waals surface area (Å²) in [4.78, 5) is 45.6. The maximum Gasteiger partial charge on any atom is 0.310 e. The first-order chi connectivity index (χ1) is 17.7. The lowest BCUT2D eigenvalue weighted by molar-refractivity contribution is -0.139. The molecular formula is C31H32O6. The fourth-order valence-corrected chi connectivity index (χ4v) is 4.32. The van der Waals surface area contributed by atoms with Crippen LogP contribution in [0.1, 0.15) is 77.6 Å². The topological polar surface area (TPSA) is 109 Å². The van der Waals surface area contributed by atoms with Crippen molar-refractivity contribution in [3.63, 3.8) is 0 Å². The number of carbonyl (C=O) groups excluding carboxylic acids is 2. The van der Waals surface area contributed by atoms with Gasteiger partial charge in [-0.2, -0.15) is 0 Å². The molecule has 4 rings (SSSR count). The number of carboxylic acids is 2. The molecule has 2 N–H and O–H groups in total. The summed E-state index contributed by atoms with van der Waals surface area (Å²) in [5, 5.41) is 17.9. The Morgan fingerprint density at radius 3 is 1.95 bits per heavy atom. The van der Waals surface area contributed by atoms with Crippen LogP contribution in [0.2, 0.25) is 0 Å². The second-order valence-electron chi connectivity index (χ2n) is 9.44. The van der Waals surface area contributed by atoms with Crippen molar-refractivity contribution in [1.29, 1.82) is 0 Å². The molecule has 0 radical (unpaired) electrons. The second kappa shape index (κ2) is 12.8. The predicted molar refractivity (Wildman–Crippen MR) is 141 cm³/mol. The Hall–Kier alpha value is -4.06. The fraction of sp³-hybridized carbons (Fsp3) is 0.290. The molecule has 6 nitrogen and oxygen atoms in total. The number of ketones is 2. The Morgan fingerprint density at radius 1 is 0.784 bits per heavy atom. The molecule has 0 spiro atoms. The van der Waals surface area contributed by atoms with E-state index in [2.05, 4.69) is 0 Å². The van der Waals surface area contributed by atoms with Gasteiger partial charge in [-0.25, -0.2) is 0 Å². The molecule has 0 saturated heterocycles. The van der Waals surface area contributed by atoms with Crippen LogP contribution in [0.3, 0.4) is 0 Å². The highest BCUT2D eigenvalue weighted by atomic mass is 16.4. The third-order valence-electron chi connectivity index (χ3n) is 6.82. The lowest BCUT2D eigenvalue weighted by atomic mass is 9.94. The van der Waals surface area contributed by atoms with Gasteiger partial charge in [0.1, 0.15) is 5.78 Å². The Morgan fingerprint density at radius 2 is 1.38 bits per heavy atom. The first-order valence-corrected chi connectivity index (χ1v) is 12.4. The summed E-state index contributed by atoms with van der Waals surface area (Å²) in [6.07, 6.45) is 3.52. The van der Waals surface area contributed by atoms with Crippen molar-refractivity contribution in [1.82, 2.24) is 0 Å². The molecule has 0 aliphatic heterocycles. The van der Waals surface area contributed by atoms with Crippen LogP contribution in [0, 0.1) is 5.92 Å². The zero-order chi connectivity index (χ0) is 26.9. The highest BCUT2D eigenvalue weighted by molar-refractivity contribution is 6.09. The summed E-state index contributed by atoms with van der Waals surface area (Å²) in [6, 6.07) is 23.3. The summed E-state index contributed by atoms with van der Waals surface area (Å²) < 4.78 is 0. The van der Waals surface area contributed by atoms with Gasteiger partial charge in [0.2, 0.25) is 0 Å². The van der Waals surface area contributed by atoms with E-state index < -0.39 is 23.8 Å². The van der Waals surface area contributed by atoms with Crippen molar-refractivity contribution in [2.45, 2.75) is 51.4 Å². The Labute approximate surface area is 217 Å². The molecule has 1 saturated carbocycles. The Balaban J connectivity index is 0.000000206. The average molecular weight is 501 g/mol. The van der Waals surface area contributed by atoms with Crippen molar-refractivity contribution in [3.05, 3.63) is 107 Å². The smallest absolute Gasteiger partial charge is 0.310 e. The van der Waals surface area contributed by atoms with Crippen LogP contribution in [0.4, 0.5) is 0 Å². The summed E-state index contributed by atoms with van der Waals surface area (Å²) in [5.41, 5.74) is 3.68. The standard InChI is InChI=1S/C16H14O3.C15H18O3/c1-11(16(18)19)13-8-5-9-14(10-13)15(17)12-6-3-2-4-7-12;1-10(15(17)18)12-7-5-11(6-8-12)9-13-3-2-4-14(13)16/h2-11H,1H3,(H,18,19);5-8,10,13H,2-4,9H2,1H3,(H,17,18). The van der Waals surface area contributed by atoms with E-state index in [9.17, 15) is 19.2 Å². The molecule has 0 aromatic heterocycles. The fourth-order valence-electron chi connectivity index (χ4n) is 4.32. The van der Waals surface area contributed by atoms with Crippen LogP contribution in [0.25, 0.3) is 0 Å². The van der Waals surface area contributed by atoms with Crippen LogP contribution in [-0.4, -0.2) is 33.7 Å². The van der Waals surface area contributed by atoms with Crippen molar-refractivity contribution >= 4 is 23.5 Å². The lowest BCUT2D eigenvalue weighted by Gasteiger charge is -2.10. The minimum absolute atomic E-state index is 0.0972. The van der Waals surface area contributed by atoms with Crippen LogP contribution in [0.5, 0.6) is 0 Å². The Kier molecular flexibility index (Phi) is 9.50. The largest absolute Gasteiger partial charge is 0.481 e. The first-order valence-electron chi connectivity index (χ1n) is 12.4. The van der Waals surface area contributed by atoms with Gasteiger partial charge < -0.3 is 10.2 Å². The molecule has 3 aromatic carbocycles. The van der Waals surface area contributed by atoms with Gasteiger partial charge in [0, 0.05) is 23.5 Å².